The van der Waals surface area contributed by atoms with E-state index in [1.165, 1.54) is 0 Å². The van der Waals surface area contributed by atoms with Crippen LogP contribution in [0.4, 0.5) is 10.5 Å². The summed E-state index contributed by atoms with van der Waals surface area (Å²) in [5.41, 5.74) is 4.96. The van der Waals surface area contributed by atoms with Crippen molar-refractivity contribution < 1.29 is 4.79 Å². The van der Waals surface area contributed by atoms with Crippen molar-refractivity contribution in [3.63, 3.8) is 0 Å². The van der Waals surface area contributed by atoms with Crippen LogP contribution < -0.4 is 10.9 Å². The number of para-hydroxylation sites is 1. The van der Waals surface area contributed by atoms with Gasteiger partial charge in [0.15, 0.2) is 0 Å². The van der Waals surface area contributed by atoms with Gasteiger partial charge in [0.1, 0.15) is 0 Å². The molecule has 2 N–H and O–H groups in total. The Morgan fingerprint density at radius 1 is 1.00 bits per heavy atom. The first-order valence-corrected chi connectivity index (χ1v) is 11.3. The first kappa shape index (κ1) is 22.6. The van der Waals surface area contributed by atoms with Gasteiger partial charge in [-0.3, -0.25) is 4.79 Å². The second-order valence-corrected chi connectivity index (χ2v) is 8.64. The van der Waals surface area contributed by atoms with Gasteiger partial charge in [0.2, 0.25) is 0 Å². The lowest BCUT2D eigenvalue weighted by Crippen LogP contribution is -2.37. The molecule has 0 aliphatic rings. The Kier molecular flexibility index (Phi) is 6.80. The summed E-state index contributed by atoms with van der Waals surface area (Å²) >= 11 is 6.24. The number of urea groups is 1. The zero-order valence-electron chi connectivity index (χ0n) is 18.7. The zero-order chi connectivity index (χ0) is 23.4. The Labute approximate surface area is 198 Å². The Balaban J connectivity index is 1.63. The largest absolute Gasteiger partial charge is 0.322 e. The normalized spacial score (nSPS) is 10.9. The van der Waals surface area contributed by atoms with Crippen LogP contribution in [0.1, 0.15) is 22.3 Å². The molecule has 5 nitrogen and oxygen atoms in total. The quantitative estimate of drug-likeness (QED) is 0.367. The van der Waals surface area contributed by atoms with Gasteiger partial charge in [-0.05, 0) is 61.0 Å². The first-order valence-electron chi connectivity index (χ1n) is 10.9. The fraction of sp³-hybridized carbons (Fsp3) is 0.185. The highest BCUT2D eigenvalue weighted by molar-refractivity contribution is 6.33. The lowest BCUT2D eigenvalue weighted by atomic mass is 10.0. The number of nitrogens with one attached hydrogen (secondary N) is 2. The summed E-state index contributed by atoms with van der Waals surface area (Å²) in [6, 6.07) is 22.7. The van der Waals surface area contributed by atoms with Crippen molar-refractivity contribution >= 4 is 34.2 Å². The fourth-order valence-corrected chi connectivity index (χ4v) is 4.16. The van der Waals surface area contributed by atoms with E-state index in [-0.39, 0.29) is 18.1 Å². The Morgan fingerprint density at radius 3 is 2.48 bits per heavy atom. The fourth-order valence-electron chi connectivity index (χ4n) is 3.97. The summed E-state index contributed by atoms with van der Waals surface area (Å²) in [6.07, 6.45) is 0.667. The van der Waals surface area contributed by atoms with Crippen molar-refractivity contribution in [2.45, 2.75) is 26.8 Å². The van der Waals surface area contributed by atoms with Crippen molar-refractivity contribution in [1.82, 2.24) is 9.88 Å². The number of carbonyl (C=O) groups excluding carboxylic acids is 1. The topological polar surface area (TPSA) is 65.2 Å². The van der Waals surface area contributed by atoms with E-state index in [0.29, 0.717) is 29.2 Å². The summed E-state index contributed by atoms with van der Waals surface area (Å²) < 4.78 is 0. The number of benzene rings is 3. The van der Waals surface area contributed by atoms with Gasteiger partial charge in [0.25, 0.3) is 5.56 Å². The summed E-state index contributed by atoms with van der Waals surface area (Å²) in [7, 11) is 0. The van der Waals surface area contributed by atoms with Crippen molar-refractivity contribution in [1.29, 1.82) is 0 Å². The number of nitrogens with zero attached hydrogens (tertiary/aromatic N) is 1. The number of aromatic nitrogens is 1. The smallest absolute Gasteiger partial charge is 0.321 e. The molecule has 0 spiro atoms. The van der Waals surface area contributed by atoms with Crippen LogP contribution in [0.25, 0.3) is 10.9 Å². The minimum atomic E-state index is -0.307. The average Bonchev–Trinajstić information content (AvgIpc) is 2.79. The molecule has 0 bridgehead atoms. The van der Waals surface area contributed by atoms with Crippen LogP contribution in [0.5, 0.6) is 0 Å². The predicted octanol–water partition coefficient (Wildman–Crippen LogP) is 6.08. The van der Waals surface area contributed by atoms with Crippen LogP contribution in [0, 0.1) is 13.8 Å². The molecule has 0 saturated carbocycles. The molecule has 0 fully saturated rings. The van der Waals surface area contributed by atoms with Crippen LogP contribution in [-0.2, 0) is 13.0 Å². The molecule has 33 heavy (non-hydrogen) atoms. The van der Waals surface area contributed by atoms with Gasteiger partial charge in [-0.15, -0.1) is 0 Å². The number of amides is 2. The minimum absolute atomic E-state index is 0.182. The number of anilines is 1. The Morgan fingerprint density at radius 2 is 1.73 bits per heavy atom. The van der Waals surface area contributed by atoms with Gasteiger partial charge in [-0.2, -0.15) is 0 Å². The zero-order valence-corrected chi connectivity index (χ0v) is 19.4. The second-order valence-electron chi connectivity index (χ2n) is 8.24. The monoisotopic (exact) mass is 459 g/mol. The molecule has 0 aliphatic carbocycles. The molecule has 168 valence electrons. The molecule has 0 atom stereocenters. The van der Waals surface area contributed by atoms with Gasteiger partial charge in [0.05, 0.1) is 22.8 Å². The van der Waals surface area contributed by atoms with Gasteiger partial charge < -0.3 is 15.2 Å². The lowest BCUT2D eigenvalue weighted by molar-refractivity contribution is 0.209. The van der Waals surface area contributed by atoms with Crippen molar-refractivity contribution in [3.05, 3.63) is 110 Å². The number of hydrogen-bond acceptors (Lipinski definition) is 2. The summed E-state index contributed by atoms with van der Waals surface area (Å²) in [5.74, 6) is 0. The lowest BCUT2D eigenvalue weighted by Gasteiger charge is -2.23. The highest BCUT2D eigenvalue weighted by Crippen LogP contribution is 2.22. The number of aromatic amines is 1. The van der Waals surface area contributed by atoms with Crippen LogP contribution >= 0.6 is 11.6 Å². The van der Waals surface area contributed by atoms with Crippen LogP contribution in [0.15, 0.2) is 77.6 Å². The molecule has 0 unspecified atom stereocenters. The summed E-state index contributed by atoms with van der Waals surface area (Å²) in [5, 5.41) is 4.30. The third-order valence-electron chi connectivity index (χ3n) is 5.65. The van der Waals surface area contributed by atoms with E-state index in [2.05, 4.69) is 10.3 Å². The van der Waals surface area contributed by atoms with E-state index in [0.717, 1.165) is 27.6 Å². The maximum Gasteiger partial charge on any atom is 0.322 e. The SMILES string of the molecule is Cc1cc(C)c2[nH]c(=O)c(CN(CCc3ccccc3)C(=O)Nc3ccccc3Cl)cc2c1. The number of H-pyrrole nitrogens is 1. The number of hydrogen-bond donors (Lipinski definition) is 2. The molecule has 0 radical (unpaired) electrons. The van der Waals surface area contributed by atoms with E-state index in [1.54, 1.807) is 17.0 Å². The summed E-state index contributed by atoms with van der Waals surface area (Å²) in [4.78, 5) is 30.7. The molecule has 0 saturated heterocycles. The molecule has 2 amide bonds. The minimum Gasteiger partial charge on any atom is -0.321 e. The summed E-state index contributed by atoms with van der Waals surface area (Å²) in [6.45, 7) is 4.64. The Bertz CT molecular complexity index is 1350. The van der Waals surface area contributed by atoms with Crippen LogP contribution in [0.3, 0.4) is 0 Å². The van der Waals surface area contributed by atoms with Crippen LogP contribution in [0.2, 0.25) is 5.02 Å². The van der Waals surface area contributed by atoms with Gasteiger partial charge >= 0.3 is 6.03 Å². The molecule has 4 rings (SSSR count). The maximum atomic E-state index is 13.2. The van der Waals surface area contributed by atoms with Gasteiger partial charge in [0, 0.05) is 12.1 Å². The number of rotatable bonds is 6. The van der Waals surface area contributed by atoms with Gasteiger partial charge in [-0.1, -0.05) is 65.7 Å². The predicted molar refractivity (Wildman–Crippen MR) is 135 cm³/mol. The first-order chi connectivity index (χ1) is 15.9. The molecule has 1 heterocycles. The molecule has 3 aromatic carbocycles. The second kappa shape index (κ2) is 9.92. The number of pyridine rings is 1. The highest BCUT2D eigenvalue weighted by Gasteiger charge is 2.18. The number of aryl methyl sites for hydroxylation is 2. The van der Waals surface area contributed by atoms with E-state index in [4.69, 9.17) is 11.6 Å². The highest BCUT2D eigenvalue weighted by atomic mass is 35.5. The number of halogens is 1. The number of fused-ring (bicyclic) bond motifs is 1. The third kappa shape index (κ3) is 5.44. The van der Waals surface area contributed by atoms with Gasteiger partial charge in [-0.25, -0.2) is 4.79 Å². The third-order valence-corrected chi connectivity index (χ3v) is 5.98. The molecular weight excluding hydrogens is 434 g/mol. The molecule has 0 aliphatic heterocycles. The standard InChI is InChI=1S/C27H26ClN3O2/c1-18-14-19(2)25-21(15-18)16-22(26(32)30-25)17-31(13-12-20-8-4-3-5-9-20)27(33)29-24-11-7-6-10-23(24)28/h3-11,14-16H,12-13,17H2,1-2H3,(H,29,33)(H,30,32). The van der Waals surface area contributed by atoms with Crippen molar-refractivity contribution in [3.8, 4) is 0 Å². The molecule has 6 heteroatoms. The molecule has 4 aromatic rings. The maximum absolute atomic E-state index is 13.2. The Hall–Kier alpha value is -3.57. The van der Waals surface area contributed by atoms with Crippen molar-refractivity contribution in [2.24, 2.45) is 0 Å². The van der Waals surface area contributed by atoms with E-state index >= 15 is 0 Å². The van der Waals surface area contributed by atoms with E-state index in [1.807, 2.05) is 74.5 Å². The molecular formula is C27H26ClN3O2. The molecule has 1 aromatic heterocycles. The van der Waals surface area contributed by atoms with Crippen LogP contribution in [-0.4, -0.2) is 22.5 Å². The van der Waals surface area contributed by atoms with E-state index < -0.39 is 0 Å². The average molecular weight is 460 g/mol. The van der Waals surface area contributed by atoms with Crippen molar-refractivity contribution in [2.75, 3.05) is 11.9 Å². The van der Waals surface area contributed by atoms with E-state index in [9.17, 15) is 9.59 Å². The number of carbonyl (C=O) groups is 1.